The lowest BCUT2D eigenvalue weighted by Gasteiger charge is -2.36. The predicted octanol–water partition coefficient (Wildman–Crippen LogP) is 6.78. The molecule has 2 atom stereocenters. The van der Waals surface area contributed by atoms with Gasteiger partial charge in [0.2, 0.25) is 5.95 Å². The lowest BCUT2D eigenvalue weighted by Crippen LogP contribution is -2.53. The lowest BCUT2D eigenvalue weighted by atomic mass is 10.1. The molecule has 4 rings (SSSR count). The Bertz CT molecular complexity index is 1760. The van der Waals surface area contributed by atoms with Gasteiger partial charge in [-0.2, -0.15) is 23.3 Å². The number of carbonyl (C=O) groups is 3. The SMILES string of the molecule is CCC(C)N(C(=O)C(F)(F)F)[C@H]1CSc2nc(N(C(=O)OC(C)(C)C)C(=O)OC(C)(C)C)nc3c2c(nn3Cc2ncc(C)c(OC)c2C)C1. The number of hydrogen-bond acceptors (Lipinski definition) is 11. The second kappa shape index (κ2) is 14.2. The van der Waals surface area contributed by atoms with Crippen molar-refractivity contribution in [3.63, 3.8) is 0 Å². The number of nitrogens with zero attached hydrogens (tertiary/aromatic N) is 7. The summed E-state index contributed by atoms with van der Waals surface area (Å²) in [7, 11) is 1.54. The van der Waals surface area contributed by atoms with Crippen LogP contribution in [-0.2, 0) is 27.2 Å². The minimum atomic E-state index is -5.09. The van der Waals surface area contributed by atoms with E-state index in [0.717, 1.165) is 27.8 Å². The Balaban J connectivity index is 1.96. The molecule has 3 amide bonds. The smallest absolute Gasteiger partial charge is 0.471 e. The zero-order valence-electron chi connectivity index (χ0n) is 30.2. The molecule has 1 unspecified atom stereocenters. The molecule has 274 valence electrons. The van der Waals surface area contributed by atoms with E-state index < -0.39 is 47.6 Å². The topological polar surface area (TPSA) is 142 Å². The fraction of sp³-hybridized carbons (Fsp3) is 0.606. The van der Waals surface area contributed by atoms with Crippen molar-refractivity contribution >= 4 is 46.8 Å². The van der Waals surface area contributed by atoms with Crippen LogP contribution >= 0.6 is 11.8 Å². The van der Waals surface area contributed by atoms with Gasteiger partial charge in [0.15, 0.2) is 5.65 Å². The first-order chi connectivity index (χ1) is 23.1. The van der Waals surface area contributed by atoms with Gasteiger partial charge in [-0.05, 0) is 68.7 Å². The summed E-state index contributed by atoms with van der Waals surface area (Å²) in [4.78, 5) is 55.2. The van der Waals surface area contributed by atoms with Crippen molar-refractivity contribution in [1.29, 1.82) is 0 Å². The molecule has 0 spiro atoms. The fourth-order valence-corrected chi connectivity index (χ4v) is 6.62. The Hall–Kier alpha value is -4.15. The van der Waals surface area contributed by atoms with E-state index in [9.17, 15) is 27.6 Å². The number of rotatable bonds is 7. The van der Waals surface area contributed by atoms with Crippen LogP contribution in [-0.4, -0.2) is 90.1 Å². The van der Waals surface area contributed by atoms with Gasteiger partial charge in [-0.1, -0.05) is 6.92 Å². The van der Waals surface area contributed by atoms with E-state index in [4.69, 9.17) is 19.3 Å². The van der Waals surface area contributed by atoms with Crippen molar-refractivity contribution in [2.24, 2.45) is 0 Å². The highest BCUT2D eigenvalue weighted by atomic mass is 32.2. The van der Waals surface area contributed by atoms with Crippen LogP contribution in [0, 0.1) is 13.8 Å². The molecule has 0 radical (unpaired) electrons. The molecule has 0 fully saturated rings. The number of alkyl halides is 3. The average Bonchev–Trinajstić information content (AvgIpc) is 3.20. The zero-order chi connectivity index (χ0) is 37.5. The number of methoxy groups -OCH3 is 1. The summed E-state index contributed by atoms with van der Waals surface area (Å²) in [5.41, 5.74) is 0.612. The monoisotopic (exact) mass is 723 g/mol. The number of imide groups is 1. The summed E-state index contributed by atoms with van der Waals surface area (Å²) >= 11 is 1.07. The minimum Gasteiger partial charge on any atom is -0.496 e. The van der Waals surface area contributed by atoms with Gasteiger partial charge in [0, 0.05) is 41.6 Å². The maximum Gasteiger partial charge on any atom is 0.471 e. The molecular formula is C33H44F3N7O6S. The van der Waals surface area contributed by atoms with Crippen LogP contribution in [0.25, 0.3) is 11.0 Å². The van der Waals surface area contributed by atoms with Crippen molar-refractivity contribution in [2.45, 2.75) is 123 Å². The van der Waals surface area contributed by atoms with E-state index in [-0.39, 0.29) is 41.8 Å². The minimum absolute atomic E-state index is 0.0166. The van der Waals surface area contributed by atoms with E-state index in [1.807, 2.05) is 13.8 Å². The Morgan fingerprint density at radius 1 is 1.04 bits per heavy atom. The Labute approximate surface area is 293 Å². The van der Waals surface area contributed by atoms with Gasteiger partial charge in [0.25, 0.3) is 0 Å². The molecule has 0 saturated heterocycles. The summed E-state index contributed by atoms with van der Waals surface area (Å²) in [6.45, 7) is 16.8. The van der Waals surface area contributed by atoms with Gasteiger partial charge in [0.05, 0.1) is 30.4 Å². The predicted molar refractivity (Wildman–Crippen MR) is 181 cm³/mol. The standard InChI is InChI=1S/C33H44F3N7O6S/c1-12-18(3)42(27(44)33(34,35)36)20-13-21-23-25(41(40-21)15-22-19(4)24(47-11)17(2)14-37-22)38-28(39-26(23)50-16-20)43(29(45)48-31(5,6)7)30(46)49-32(8,9)10/h14,18,20H,12-13,15-16H2,1-11H3/t18?,20-/m1/s1. The maximum absolute atomic E-state index is 13.9. The molecule has 3 aromatic rings. The third-order valence-electron chi connectivity index (χ3n) is 7.80. The van der Waals surface area contributed by atoms with Crippen molar-refractivity contribution in [1.82, 2.24) is 29.6 Å². The Kier molecular flexibility index (Phi) is 11.0. The normalized spacial score (nSPS) is 15.7. The molecule has 0 N–H and O–H groups in total. The number of pyridine rings is 1. The largest absolute Gasteiger partial charge is 0.496 e. The fourth-order valence-electron chi connectivity index (χ4n) is 5.49. The Morgan fingerprint density at radius 2 is 1.64 bits per heavy atom. The number of aryl methyl sites for hydroxylation is 1. The molecule has 1 aliphatic heterocycles. The number of ether oxygens (including phenoxy) is 3. The number of halogens is 3. The number of aromatic nitrogens is 5. The molecule has 3 aromatic heterocycles. The maximum atomic E-state index is 13.9. The first kappa shape index (κ1) is 38.6. The summed E-state index contributed by atoms with van der Waals surface area (Å²) in [6.07, 6.45) is -5.40. The van der Waals surface area contributed by atoms with Crippen LogP contribution in [0.5, 0.6) is 5.75 Å². The van der Waals surface area contributed by atoms with Gasteiger partial charge in [-0.25, -0.2) is 19.3 Å². The number of amides is 3. The van der Waals surface area contributed by atoms with Crippen LogP contribution in [0.4, 0.5) is 28.7 Å². The summed E-state index contributed by atoms with van der Waals surface area (Å²) < 4.78 is 59.9. The molecule has 4 heterocycles. The van der Waals surface area contributed by atoms with Crippen LogP contribution in [0.3, 0.4) is 0 Å². The first-order valence-corrected chi connectivity index (χ1v) is 17.1. The second-order valence-electron chi connectivity index (χ2n) is 14.1. The molecule has 0 aliphatic carbocycles. The summed E-state index contributed by atoms with van der Waals surface area (Å²) in [5.74, 6) is -1.69. The van der Waals surface area contributed by atoms with E-state index in [1.54, 1.807) is 68.7 Å². The van der Waals surface area contributed by atoms with Gasteiger partial charge >= 0.3 is 24.3 Å². The number of carbonyl (C=O) groups excluding carboxylic acids is 3. The van der Waals surface area contributed by atoms with Crippen molar-refractivity contribution in [3.05, 3.63) is 28.7 Å². The molecule has 17 heteroatoms. The van der Waals surface area contributed by atoms with E-state index >= 15 is 0 Å². The van der Waals surface area contributed by atoms with Gasteiger partial charge in [-0.3, -0.25) is 9.78 Å². The molecule has 1 aliphatic rings. The highest BCUT2D eigenvalue weighted by Gasteiger charge is 2.47. The molecule has 13 nitrogen and oxygen atoms in total. The highest BCUT2D eigenvalue weighted by Crippen LogP contribution is 2.38. The average molecular weight is 724 g/mol. The van der Waals surface area contributed by atoms with Gasteiger partial charge in [0.1, 0.15) is 22.0 Å². The number of thioether (sulfide) groups is 1. The Morgan fingerprint density at radius 3 is 2.16 bits per heavy atom. The van der Waals surface area contributed by atoms with Crippen molar-refractivity contribution in [3.8, 4) is 5.75 Å². The highest BCUT2D eigenvalue weighted by molar-refractivity contribution is 7.99. The third-order valence-corrected chi connectivity index (χ3v) is 8.92. The van der Waals surface area contributed by atoms with E-state index in [2.05, 4.69) is 15.0 Å². The van der Waals surface area contributed by atoms with Crippen molar-refractivity contribution in [2.75, 3.05) is 17.8 Å². The summed E-state index contributed by atoms with van der Waals surface area (Å²) in [5, 5.41) is 5.45. The zero-order valence-corrected chi connectivity index (χ0v) is 31.0. The molecule has 0 saturated carbocycles. The van der Waals surface area contributed by atoms with Crippen LogP contribution in [0.15, 0.2) is 11.2 Å². The van der Waals surface area contributed by atoms with Crippen molar-refractivity contribution < 1.29 is 41.8 Å². The van der Waals surface area contributed by atoms with Crippen LogP contribution < -0.4 is 9.64 Å². The van der Waals surface area contributed by atoms with E-state index in [1.165, 1.54) is 4.68 Å². The lowest BCUT2D eigenvalue weighted by molar-refractivity contribution is -0.189. The summed E-state index contributed by atoms with van der Waals surface area (Å²) in [6, 6.07) is -1.67. The molecular weight excluding hydrogens is 679 g/mol. The quantitative estimate of drug-likeness (QED) is 0.238. The second-order valence-corrected chi connectivity index (χ2v) is 15.1. The number of hydrogen-bond donors (Lipinski definition) is 0. The molecule has 50 heavy (non-hydrogen) atoms. The third kappa shape index (κ3) is 8.41. The number of anilines is 1. The van der Waals surface area contributed by atoms with E-state index in [0.29, 0.717) is 27.4 Å². The first-order valence-electron chi connectivity index (χ1n) is 16.1. The van der Waals surface area contributed by atoms with Crippen LogP contribution in [0.1, 0.15) is 84.3 Å². The molecule has 0 aromatic carbocycles. The molecule has 0 bridgehead atoms. The van der Waals surface area contributed by atoms with Crippen LogP contribution in [0.2, 0.25) is 0 Å². The van der Waals surface area contributed by atoms with Gasteiger partial charge in [-0.15, -0.1) is 16.7 Å². The van der Waals surface area contributed by atoms with Gasteiger partial charge < -0.3 is 19.1 Å².